The Hall–Kier alpha value is -1.85. The first-order chi connectivity index (χ1) is 9.06. The summed E-state index contributed by atoms with van der Waals surface area (Å²) in [4.78, 5) is 20.9. The van der Waals surface area contributed by atoms with Gasteiger partial charge in [-0.15, -0.1) is 0 Å². The summed E-state index contributed by atoms with van der Waals surface area (Å²) in [6.45, 7) is 6.00. The average molecular weight is 264 g/mol. The van der Waals surface area contributed by atoms with Crippen LogP contribution in [0.4, 0.5) is 10.7 Å². The molecule has 0 bridgehead atoms. The van der Waals surface area contributed by atoms with Crippen molar-refractivity contribution in [3.8, 4) is 0 Å². The predicted octanol–water partition coefficient (Wildman–Crippen LogP) is 1.90. The third kappa shape index (κ3) is 3.56. The average Bonchev–Trinajstić information content (AvgIpc) is 2.40. The van der Waals surface area contributed by atoms with E-state index in [0.29, 0.717) is 25.0 Å². The largest absolute Gasteiger partial charge is 0.465 e. The van der Waals surface area contributed by atoms with E-state index in [0.717, 1.165) is 30.6 Å². The number of nitrogens with one attached hydrogen (secondary N) is 1. The van der Waals surface area contributed by atoms with Gasteiger partial charge >= 0.3 is 6.09 Å². The molecule has 0 spiro atoms. The van der Waals surface area contributed by atoms with Gasteiger partial charge in [0, 0.05) is 31.5 Å². The Morgan fingerprint density at radius 3 is 2.74 bits per heavy atom. The lowest BCUT2D eigenvalue weighted by Gasteiger charge is -2.29. The van der Waals surface area contributed by atoms with E-state index in [4.69, 9.17) is 5.11 Å². The number of aromatic nitrogens is 2. The van der Waals surface area contributed by atoms with Crippen LogP contribution >= 0.6 is 0 Å². The number of piperidine rings is 1. The standard InChI is InChI=1S/C13H20N4O2/c1-9-7-14-12(16-10(9)2)15-8-11-3-5-17(6-4-11)13(18)19/h7,11H,3-6,8H2,1-2H3,(H,18,19)(H,14,15,16). The first-order valence-electron chi connectivity index (χ1n) is 6.58. The number of hydrogen-bond donors (Lipinski definition) is 2. The fraction of sp³-hybridized carbons (Fsp3) is 0.615. The number of carboxylic acid groups (broad SMARTS) is 1. The normalized spacial score (nSPS) is 16.4. The summed E-state index contributed by atoms with van der Waals surface area (Å²) in [7, 11) is 0. The molecule has 2 rings (SSSR count). The smallest absolute Gasteiger partial charge is 0.407 e. The minimum Gasteiger partial charge on any atom is -0.465 e. The van der Waals surface area contributed by atoms with Crippen molar-refractivity contribution in [3.05, 3.63) is 17.5 Å². The molecule has 1 aliphatic rings. The van der Waals surface area contributed by atoms with Crippen molar-refractivity contribution in [2.75, 3.05) is 25.0 Å². The van der Waals surface area contributed by atoms with Crippen LogP contribution in [0.3, 0.4) is 0 Å². The lowest BCUT2D eigenvalue weighted by atomic mass is 9.97. The maximum atomic E-state index is 10.8. The SMILES string of the molecule is Cc1cnc(NCC2CCN(C(=O)O)CC2)nc1C. The Balaban J connectivity index is 1.80. The Morgan fingerprint density at radius 2 is 2.16 bits per heavy atom. The van der Waals surface area contributed by atoms with E-state index in [1.807, 2.05) is 20.0 Å². The molecule has 0 unspecified atom stereocenters. The van der Waals surface area contributed by atoms with E-state index in [1.165, 1.54) is 4.90 Å². The van der Waals surface area contributed by atoms with Crippen LogP contribution in [0.1, 0.15) is 24.1 Å². The maximum absolute atomic E-state index is 10.8. The summed E-state index contributed by atoms with van der Waals surface area (Å²) < 4.78 is 0. The van der Waals surface area contributed by atoms with Crippen LogP contribution in [0, 0.1) is 19.8 Å². The van der Waals surface area contributed by atoms with Crippen LogP contribution < -0.4 is 5.32 Å². The van der Waals surface area contributed by atoms with Gasteiger partial charge in [-0.3, -0.25) is 0 Å². The van der Waals surface area contributed by atoms with Gasteiger partial charge in [-0.1, -0.05) is 0 Å². The second-order valence-corrected chi connectivity index (χ2v) is 5.06. The lowest BCUT2D eigenvalue weighted by Crippen LogP contribution is -2.39. The number of hydrogen-bond acceptors (Lipinski definition) is 4. The maximum Gasteiger partial charge on any atom is 0.407 e. The van der Waals surface area contributed by atoms with Crippen LogP contribution in [-0.4, -0.2) is 45.7 Å². The third-order valence-electron chi connectivity index (χ3n) is 3.66. The Kier molecular flexibility index (Phi) is 4.19. The lowest BCUT2D eigenvalue weighted by molar-refractivity contribution is 0.126. The highest BCUT2D eigenvalue weighted by molar-refractivity contribution is 5.64. The minimum atomic E-state index is -0.816. The van der Waals surface area contributed by atoms with Gasteiger partial charge in [0.15, 0.2) is 0 Å². The van der Waals surface area contributed by atoms with Crippen molar-refractivity contribution >= 4 is 12.0 Å². The van der Waals surface area contributed by atoms with Crippen molar-refractivity contribution in [3.63, 3.8) is 0 Å². The van der Waals surface area contributed by atoms with Crippen molar-refractivity contribution in [2.45, 2.75) is 26.7 Å². The molecule has 1 aliphatic heterocycles. The molecular weight excluding hydrogens is 244 g/mol. The van der Waals surface area contributed by atoms with Gasteiger partial charge in [-0.05, 0) is 38.2 Å². The Bertz CT molecular complexity index is 456. The van der Waals surface area contributed by atoms with Crippen molar-refractivity contribution in [2.24, 2.45) is 5.92 Å². The van der Waals surface area contributed by atoms with E-state index in [-0.39, 0.29) is 0 Å². The summed E-state index contributed by atoms with van der Waals surface area (Å²) in [5.41, 5.74) is 2.07. The van der Waals surface area contributed by atoms with E-state index >= 15 is 0 Å². The Morgan fingerprint density at radius 1 is 1.47 bits per heavy atom. The summed E-state index contributed by atoms with van der Waals surface area (Å²) in [6, 6.07) is 0. The molecular formula is C13H20N4O2. The molecule has 2 heterocycles. The van der Waals surface area contributed by atoms with Crippen LogP contribution in [0.25, 0.3) is 0 Å². The van der Waals surface area contributed by atoms with E-state index in [2.05, 4.69) is 15.3 Å². The highest BCUT2D eigenvalue weighted by atomic mass is 16.4. The van der Waals surface area contributed by atoms with E-state index in [1.54, 1.807) is 0 Å². The van der Waals surface area contributed by atoms with Crippen molar-refractivity contribution < 1.29 is 9.90 Å². The monoisotopic (exact) mass is 264 g/mol. The number of amides is 1. The molecule has 19 heavy (non-hydrogen) atoms. The summed E-state index contributed by atoms with van der Waals surface area (Å²) in [5, 5.41) is 12.1. The first kappa shape index (κ1) is 13.6. The molecule has 1 saturated heterocycles. The van der Waals surface area contributed by atoms with Gasteiger partial charge in [-0.2, -0.15) is 0 Å². The highest BCUT2D eigenvalue weighted by Gasteiger charge is 2.22. The van der Waals surface area contributed by atoms with Gasteiger partial charge in [0.1, 0.15) is 0 Å². The van der Waals surface area contributed by atoms with Crippen LogP contribution in [0.5, 0.6) is 0 Å². The molecule has 104 valence electrons. The quantitative estimate of drug-likeness (QED) is 0.871. The summed E-state index contributed by atoms with van der Waals surface area (Å²) in [5.74, 6) is 1.14. The zero-order valence-electron chi connectivity index (χ0n) is 11.4. The van der Waals surface area contributed by atoms with Gasteiger partial charge in [0.2, 0.25) is 5.95 Å². The van der Waals surface area contributed by atoms with E-state index < -0.39 is 6.09 Å². The number of rotatable bonds is 3. The second kappa shape index (κ2) is 5.86. The zero-order valence-corrected chi connectivity index (χ0v) is 11.4. The molecule has 0 atom stereocenters. The van der Waals surface area contributed by atoms with Crippen LogP contribution in [0.15, 0.2) is 6.20 Å². The molecule has 6 heteroatoms. The Labute approximate surface area is 112 Å². The zero-order chi connectivity index (χ0) is 13.8. The topological polar surface area (TPSA) is 78.4 Å². The second-order valence-electron chi connectivity index (χ2n) is 5.06. The number of anilines is 1. The molecule has 0 aliphatic carbocycles. The predicted molar refractivity (Wildman–Crippen MR) is 72.3 cm³/mol. The van der Waals surface area contributed by atoms with E-state index in [9.17, 15) is 4.79 Å². The fourth-order valence-electron chi connectivity index (χ4n) is 2.18. The number of likely N-dealkylation sites (tertiary alicyclic amines) is 1. The molecule has 0 saturated carbocycles. The molecule has 1 aromatic heterocycles. The van der Waals surface area contributed by atoms with Crippen molar-refractivity contribution in [1.82, 2.24) is 14.9 Å². The minimum absolute atomic E-state index is 0.487. The fourth-order valence-corrected chi connectivity index (χ4v) is 2.18. The number of nitrogens with zero attached hydrogens (tertiary/aromatic N) is 3. The first-order valence-corrected chi connectivity index (χ1v) is 6.58. The molecule has 1 fully saturated rings. The molecule has 0 aromatic carbocycles. The highest BCUT2D eigenvalue weighted by Crippen LogP contribution is 2.17. The van der Waals surface area contributed by atoms with Gasteiger partial charge in [0.05, 0.1) is 0 Å². The molecule has 1 aromatic rings. The summed E-state index contributed by atoms with van der Waals surface area (Å²) >= 11 is 0. The van der Waals surface area contributed by atoms with Crippen LogP contribution in [-0.2, 0) is 0 Å². The third-order valence-corrected chi connectivity index (χ3v) is 3.66. The van der Waals surface area contributed by atoms with Gasteiger partial charge < -0.3 is 15.3 Å². The van der Waals surface area contributed by atoms with Gasteiger partial charge in [0.25, 0.3) is 0 Å². The molecule has 6 nitrogen and oxygen atoms in total. The molecule has 1 amide bonds. The number of aryl methyl sites for hydroxylation is 2. The molecule has 0 radical (unpaired) electrons. The summed E-state index contributed by atoms with van der Waals surface area (Å²) in [6.07, 6.45) is 2.79. The van der Waals surface area contributed by atoms with Crippen molar-refractivity contribution in [1.29, 1.82) is 0 Å². The number of carbonyl (C=O) groups is 1. The van der Waals surface area contributed by atoms with Crippen LogP contribution in [0.2, 0.25) is 0 Å². The van der Waals surface area contributed by atoms with Gasteiger partial charge in [-0.25, -0.2) is 14.8 Å². The molecule has 2 N–H and O–H groups in total.